The molecule has 2 heterocycles. The van der Waals surface area contributed by atoms with Gasteiger partial charge in [-0.25, -0.2) is 4.98 Å². The van der Waals surface area contributed by atoms with Gasteiger partial charge in [0.15, 0.2) is 0 Å². The largest absolute Gasteiger partial charge is 0.353 e. The maximum atomic E-state index is 12.6. The zero-order chi connectivity index (χ0) is 16.9. The maximum absolute atomic E-state index is 12.6. The van der Waals surface area contributed by atoms with Crippen molar-refractivity contribution >= 4 is 17.2 Å². The smallest absolute Gasteiger partial charge is 0.223 e. The SMILES string of the molecule is Cc1nc(CN2CCC(C(=O)NC3CCCCC3CN)CC2)cs1. The van der Waals surface area contributed by atoms with E-state index in [0.717, 1.165) is 56.0 Å². The molecule has 6 heteroatoms. The van der Waals surface area contributed by atoms with Crippen molar-refractivity contribution in [1.29, 1.82) is 0 Å². The van der Waals surface area contributed by atoms with Crippen molar-refractivity contribution in [3.63, 3.8) is 0 Å². The van der Waals surface area contributed by atoms with Gasteiger partial charge in [-0.3, -0.25) is 9.69 Å². The Morgan fingerprint density at radius 1 is 1.33 bits per heavy atom. The third kappa shape index (κ3) is 4.55. The zero-order valence-corrected chi connectivity index (χ0v) is 15.5. The average molecular weight is 351 g/mol. The van der Waals surface area contributed by atoms with E-state index < -0.39 is 0 Å². The van der Waals surface area contributed by atoms with Gasteiger partial charge in [0.25, 0.3) is 0 Å². The van der Waals surface area contributed by atoms with E-state index in [1.807, 2.05) is 6.92 Å². The molecule has 134 valence electrons. The summed E-state index contributed by atoms with van der Waals surface area (Å²) in [6.07, 6.45) is 6.63. The molecule has 5 nitrogen and oxygen atoms in total. The van der Waals surface area contributed by atoms with Crippen LogP contribution in [0.1, 0.15) is 49.2 Å². The Hall–Kier alpha value is -0.980. The molecule has 2 atom stereocenters. The molecule has 0 bridgehead atoms. The minimum Gasteiger partial charge on any atom is -0.353 e. The topological polar surface area (TPSA) is 71.2 Å². The van der Waals surface area contributed by atoms with Crippen LogP contribution in [0.5, 0.6) is 0 Å². The quantitative estimate of drug-likeness (QED) is 0.855. The molecule has 1 aliphatic heterocycles. The summed E-state index contributed by atoms with van der Waals surface area (Å²) in [7, 11) is 0. The second-order valence-corrected chi connectivity index (χ2v) is 8.37. The molecule has 1 saturated heterocycles. The van der Waals surface area contributed by atoms with Crippen molar-refractivity contribution in [3.05, 3.63) is 16.1 Å². The summed E-state index contributed by atoms with van der Waals surface area (Å²) < 4.78 is 0. The van der Waals surface area contributed by atoms with Crippen LogP contribution in [0, 0.1) is 18.8 Å². The van der Waals surface area contributed by atoms with E-state index in [2.05, 4.69) is 20.6 Å². The first-order chi connectivity index (χ1) is 11.7. The normalized spacial score (nSPS) is 26.4. The van der Waals surface area contributed by atoms with Gasteiger partial charge in [-0.05, 0) is 58.2 Å². The predicted octanol–water partition coefficient (Wildman–Crippen LogP) is 2.30. The van der Waals surface area contributed by atoms with Gasteiger partial charge in [-0.1, -0.05) is 12.8 Å². The third-order valence-electron chi connectivity index (χ3n) is 5.55. The van der Waals surface area contributed by atoms with Gasteiger partial charge < -0.3 is 11.1 Å². The van der Waals surface area contributed by atoms with E-state index in [0.29, 0.717) is 18.5 Å². The van der Waals surface area contributed by atoms with Crippen molar-refractivity contribution in [2.45, 2.75) is 58.0 Å². The van der Waals surface area contributed by atoms with E-state index in [1.54, 1.807) is 11.3 Å². The molecule has 0 radical (unpaired) electrons. The molecule has 1 aliphatic carbocycles. The number of aromatic nitrogens is 1. The molecule has 1 saturated carbocycles. The van der Waals surface area contributed by atoms with Crippen molar-refractivity contribution in [2.24, 2.45) is 17.6 Å². The number of carbonyl (C=O) groups is 1. The van der Waals surface area contributed by atoms with Gasteiger partial charge in [0.1, 0.15) is 0 Å². The van der Waals surface area contributed by atoms with Crippen molar-refractivity contribution in [3.8, 4) is 0 Å². The van der Waals surface area contributed by atoms with Crippen LogP contribution in [0.15, 0.2) is 5.38 Å². The summed E-state index contributed by atoms with van der Waals surface area (Å²) in [5.41, 5.74) is 7.04. The number of hydrogen-bond acceptors (Lipinski definition) is 5. The van der Waals surface area contributed by atoms with Gasteiger partial charge >= 0.3 is 0 Å². The summed E-state index contributed by atoms with van der Waals surface area (Å²) in [6.45, 7) is 5.62. The van der Waals surface area contributed by atoms with Crippen LogP contribution in [0.3, 0.4) is 0 Å². The predicted molar refractivity (Wildman–Crippen MR) is 97.8 cm³/mol. The molecule has 1 aromatic rings. The van der Waals surface area contributed by atoms with Crippen LogP contribution in [0.25, 0.3) is 0 Å². The molecule has 0 spiro atoms. The highest BCUT2D eigenvalue weighted by Gasteiger charge is 2.30. The van der Waals surface area contributed by atoms with Crippen molar-refractivity contribution in [1.82, 2.24) is 15.2 Å². The van der Waals surface area contributed by atoms with Gasteiger partial charge in [-0.2, -0.15) is 0 Å². The van der Waals surface area contributed by atoms with E-state index >= 15 is 0 Å². The fourth-order valence-electron chi connectivity index (χ4n) is 4.04. The van der Waals surface area contributed by atoms with E-state index in [1.165, 1.54) is 12.8 Å². The first-order valence-corrected chi connectivity index (χ1v) is 10.2. The van der Waals surface area contributed by atoms with E-state index in [9.17, 15) is 4.79 Å². The summed E-state index contributed by atoms with van der Waals surface area (Å²) >= 11 is 1.71. The highest BCUT2D eigenvalue weighted by molar-refractivity contribution is 7.09. The fraction of sp³-hybridized carbons (Fsp3) is 0.778. The Balaban J connectivity index is 1.44. The Kier molecular flexibility index (Phi) is 6.25. The molecule has 2 unspecified atom stereocenters. The van der Waals surface area contributed by atoms with E-state index in [4.69, 9.17) is 5.73 Å². The molecule has 2 fully saturated rings. The Morgan fingerprint density at radius 3 is 2.75 bits per heavy atom. The summed E-state index contributed by atoms with van der Waals surface area (Å²) in [5.74, 6) is 0.888. The lowest BCUT2D eigenvalue weighted by molar-refractivity contribution is -0.127. The molecule has 3 N–H and O–H groups in total. The van der Waals surface area contributed by atoms with Crippen LogP contribution < -0.4 is 11.1 Å². The number of aryl methyl sites for hydroxylation is 1. The first kappa shape index (κ1) is 17.8. The molecule has 1 amide bonds. The maximum Gasteiger partial charge on any atom is 0.223 e. The number of thiazole rings is 1. The van der Waals surface area contributed by atoms with Crippen LogP contribution in [0.2, 0.25) is 0 Å². The first-order valence-electron chi connectivity index (χ1n) is 9.29. The highest BCUT2D eigenvalue weighted by atomic mass is 32.1. The number of likely N-dealkylation sites (tertiary alicyclic amines) is 1. The Bertz CT molecular complexity index is 539. The van der Waals surface area contributed by atoms with Crippen molar-refractivity contribution in [2.75, 3.05) is 19.6 Å². The second kappa shape index (κ2) is 8.41. The molecular weight excluding hydrogens is 320 g/mol. The van der Waals surface area contributed by atoms with Crippen LogP contribution in [-0.4, -0.2) is 41.5 Å². The van der Waals surface area contributed by atoms with Crippen LogP contribution >= 0.6 is 11.3 Å². The fourth-order valence-corrected chi connectivity index (χ4v) is 4.65. The number of rotatable bonds is 5. The standard InChI is InChI=1S/C18H30N4OS/c1-13-20-16(12-24-13)11-22-8-6-14(7-9-22)18(23)21-17-5-3-2-4-15(17)10-19/h12,14-15,17H,2-11,19H2,1H3,(H,21,23). The van der Waals surface area contributed by atoms with Crippen LogP contribution in [-0.2, 0) is 11.3 Å². The third-order valence-corrected chi connectivity index (χ3v) is 6.37. The molecule has 1 aromatic heterocycles. The number of amides is 1. The minimum atomic E-state index is 0.166. The lowest BCUT2D eigenvalue weighted by Gasteiger charge is -2.35. The van der Waals surface area contributed by atoms with Gasteiger partial charge in [0.05, 0.1) is 10.7 Å². The molecule has 3 rings (SSSR count). The molecule has 24 heavy (non-hydrogen) atoms. The number of nitrogens with one attached hydrogen (secondary N) is 1. The number of hydrogen-bond donors (Lipinski definition) is 2. The van der Waals surface area contributed by atoms with Gasteiger partial charge in [0, 0.05) is 23.9 Å². The second-order valence-electron chi connectivity index (χ2n) is 7.30. The number of piperidine rings is 1. The summed E-state index contributed by atoms with van der Waals surface area (Å²) in [4.78, 5) is 19.6. The Labute approximate surface area is 149 Å². The summed E-state index contributed by atoms with van der Waals surface area (Å²) in [5, 5.41) is 6.58. The number of nitrogens with two attached hydrogens (primary N) is 1. The lowest BCUT2D eigenvalue weighted by Crippen LogP contribution is -2.48. The molecular formula is C18H30N4OS. The number of nitrogens with zero attached hydrogens (tertiary/aromatic N) is 2. The molecule has 0 aromatic carbocycles. The summed E-state index contributed by atoms with van der Waals surface area (Å²) in [6, 6.07) is 0.298. The monoisotopic (exact) mass is 350 g/mol. The lowest BCUT2D eigenvalue weighted by atomic mass is 9.84. The highest BCUT2D eigenvalue weighted by Crippen LogP contribution is 2.25. The van der Waals surface area contributed by atoms with Gasteiger partial charge in [-0.15, -0.1) is 11.3 Å². The zero-order valence-electron chi connectivity index (χ0n) is 14.7. The van der Waals surface area contributed by atoms with E-state index in [-0.39, 0.29) is 11.8 Å². The average Bonchev–Trinajstić information content (AvgIpc) is 3.01. The molecule has 2 aliphatic rings. The Morgan fingerprint density at radius 2 is 2.08 bits per heavy atom. The van der Waals surface area contributed by atoms with Gasteiger partial charge in [0.2, 0.25) is 5.91 Å². The van der Waals surface area contributed by atoms with Crippen molar-refractivity contribution < 1.29 is 4.79 Å². The van der Waals surface area contributed by atoms with Crippen LogP contribution in [0.4, 0.5) is 0 Å². The number of carbonyl (C=O) groups excluding carboxylic acids is 1. The minimum absolute atomic E-state index is 0.166.